The largest absolute Gasteiger partial charge is 0.496 e. The van der Waals surface area contributed by atoms with E-state index in [1.54, 1.807) is 7.11 Å². The van der Waals surface area contributed by atoms with Gasteiger partial charge in [0.1, 0.15) is 5.75 Å². The Labute approximate surface area is 123 Å². The molecule has 2 aromatic carbocycles. The second-order valence-electron chi connectivity index (χ2n) is 4.93. The molecule has 0 saturated carbocycles. The number of carbonyl (C=O) groups excluding carboxylic acids is 1. The molecule has 0 aliphatic heterocycles. The molecule has 106 valence electrons. The SMILES string of the molecule is CCc1cccc2c(C=O)c(-c3ccccc3OC)[nH]c12. The zero-order valence-corrected chi connectivity index (χ0v) is 12.1. The predicted octanol–water partition coefficient (Wildman–Crippen LogP) is 4.22. The third-order valence-electron chi connectivity index (χ3n) is 3.84. The van der Waals surface area contributed by atoms with Crippen molar-refractivity contribution in [1.29, 1.82) is 0 Å². The van der Waals surface area contributed by atoms with E-state index in [4.69, 9.17) is 4.74 Å². The summed E-state index contributed by atoms with van der Waals surface area (Å²) in [7, 11) is 1.64. The van der Waals surface area contributed by atoms with Crippen LogP contribution in [0.15, 0.2) is 42.5 Å². The summed E-state index contributed by atoms with van der Waals surface area (Å²) in [6, 6.07) is 13.8. The molecule has 1 N–H and O–H groups in total. The van der Waals surface area contributed by atoms with Gasteiger partial charge in [0.15, 0.2) is 6.29 Å². The van der Waals surface area contributed by atoms with Gasteiger partial charge in [-0.05, 0) is 24.1 Å². The maximum Gasteiger partial charge on any atom is 0.152 e. The Balaban J connectivity index is 2.35. The Morgan fingerprint density at radius 2 is 1.95 bits per heavy atom. The molecule has 0 saturated heterocycles. The van der Waals surface area contributed by atoms with E-state index in [1.165, 1.54) is 5.56 Å². The lowest BCUT2D eigenvalue weighted by atomic mass is 10.0. The lowest BCUT2D eigenvalue weighted by Gasteiger charge is -2.07. The molecule has 0 aliphatic carbocycles. The fourth-order valence-electron chi connectivity index (χ4n) is 2.78. The highest BCUT2D eigenvalue weighted by atomic mass is 16.5. The Hall–Kier alpha value is -2.55. The summed E-state index contributed by atoms with van der Waals surface area (Å²) in [5, 5.41) is 0.963. The molecule has 3 nitrogen and oxygen atoms in total. The van der Waals surface area contributed by atoms with Gasteiger partial charge in [-0.3, -0.25) is 4.79 Å². The van der Waals surface area contributed by atoms with Crippen LogP contribution in [0.5, 0.6) is 5.75 Å². The summed E-state index contributed by atoms with van der Waals surface area (Å²) in [6.45, 7) is 2.11. The number of aromatic nitrogens is 1. The van der Waals surface area contributed by atoms with Crippen LogP contribution in [0.2, 0.25) is 0 Å². The molecule has 0 radical (unpaired) electrons. The van der Waals surface area contributed by atoms with Crippen LogP contribution in [0.25, 0.3) is 22.2 Å². The number of H-pyrrole nitrogens is 1. The maximum atomic E-state index is 11.6. The average molecular weight is 279 g/mol. The van der Waals surface area contributed by atoms with Crippen molar-refractivity contribution in [3.05, 3.63) is 53.6 Å². The van der Waals surface area contributed by atoms with Gasteiger partial charge in [-0.15, -0.1) is 0 Å². The van der Waals surface area contributed by atoms with E-state index < -0.39 is 0 Å². The molecule has 0 atom stereocenters. The molecule has 0 aliphatic rings. The van der Waals surface area contributed by atoms with E-state index in [1.807, 2.05) is 36.4 Å². The number of rotatable bonds is 4. The Bertz CT molecular complexity index is 802. The second-order valence-corrected chi connectivity index (χ2v) is 4.93. The van der Waals surface area contributed by atoms with E-state index in [2.05, 4.69) is 18.0 Å². The van der Waals surface area contributed by atoms with Gasteiger partial charge < -0.3 is 9.72 Å². The minimum Gasteiger partial charge on any atom is -0.496 e. The van der Waals surface area contributed by atoms with Gasteiger partial charge >= 0.3 is 0 Å². The number of methoxy groups -OCH3 is 1. The van der Waals surface area contributed by atoms with Gasteiger partial charge in [-0.25, -0.2) is 0 Å². The van der Waals surface area contributed by atoms with E-state index in [0.29, 0.717) is 5.56 Å². The first kappa shape index (κ1) is 13.4. The first-order valence-corrected chi connectivity index (χ1v) is 7.02. The van der Waals surface area contributed by atoms with Gasteiger partial charge in [-0.2, -0.15) is 0 Å². The van der Waals surface area contributed by atoms with Crippen LogP contribution >= 0.6 is 0 Å². The van der Waals surface area contributed by atoms with Crippen LogP contribution < -0.4 is 4.74 Å². The number of aromatic amines is 1. The summed E-state index contributed by atoms with van der Waals surface area (Å²) in [5.41, 5.74) is 4.64. The fourth-order valence-corrected chi connectivity index (χ4v) is 2.78. The lowest BCUT2D eigenvalue weighted by Crippen LogP contribution is -1.90. The van der Waals surface area contributed by atoms with Crippen molar-refractivity contribution in [3.63, 3.8) is 0 Å². The normalized spacial score (nSPS) is 10.8. The van der Waals surface area contributed by atoms with Crippen molar-refractivity contribution in [2.24, 2.45) is 0 Å². The number of aldehydes is 1. The summed E-state index contributed by atoms with van der Waals surface area (Å²) in [5.74, 6) is 0.755. The Morgan fingerprint density at radius 1 is 1.14 bits per heavy atom. The van der Waals surface area contributed by atoms with Crippen molar-refractivity contribution in [1.82, 2.24) is 4.98 Å². The maximum absolute atomic E-state index is 11.6. The highest BCUT2D eigenvalue weighted by molar-refractivity contribution is 6.05. The summed E-state index contributed by atoms with van der Waals surface area (Å²) >= 11 is 0. The smallest absolute Gasteiger partial charge is 0.152 e. The standard InChI is InChI=1S/C18H17NO2/c1-3-12-7-6-9-13-15(11-20)18(19-17(12)13)14-8-4-5-10-16(14)21-2/h4-11,19H,3H2,1-2H3. The number of ether oxygens (including phenoxy) is 1. The molecule has 3 heteroatoms. The first-order valence-electron chi connectivity index (χ1n) is 7.02. The molecule has 0 amide bonds. The predicted molar refractivity (Wildman–Crippen MR) is 85.1 cm³/mol. The highest BCUT2D eigenvalue weighted by Crippen LogP contribution is 2.35. The zero-order valence-electron chi connectivity index (χ0n) is 12.1. The number of nitrogens with one attached hydrogen (secondary N) is 1. The summed E-state index contributed by atoms with van der Waals surface area (Å²) in [6.07, 6.45) is 1.83. The Morgan fingerprint density at radius 3 is 2.67 bits per heavy atom. The number of fused-ring (bicyclic) bond motifs is 1. The number of carbonyl (C=O) groups is 1. The molecular formula is C18H17NO2. The minimum atomic E-state index is 0.685. The van der Waals surface area contributed by atoms with Crippen molar-refractivity contribution < 1.29 is 9.53 Å². The van der Waals surface area contributed by atoms with Crippen LogP contribution in [-0.2, 0) is 6.42 Å². The molecular weight excluding hydrogens is 262 g/mol. The molecule has 1 aromatic heterocycles. The van der Waals surface area contributed by atoms with Gasteiger partial charge in [0.2, 0.25) is 0 Å². The molecule has 3 rings (SSSR count). The molecule has 0 fully saturated rings. The molecule has 0 spiro atoms. The Kier molecular flexibility index (Phi) is 3.48. The van der Waals surface area contributed by atoms with Crippen LogP contribution in [0.4, 0.5) is 0 Å². The summed E-state index contributed by atoms with van der Waals surface area (Å²) < 4.78 is 5.42. The number of para-hydroxylation sites is 2. The quantitative estimate of drug-likeness (QED) is 0.727. The first-order chi connectivity index (χ1) is 10.3. The number of aryl methyl sites for hydroxylation is 1. The molecule has 0 bridgehead atoms. The average Bonchev–Trinajstić information content (AvgIpc) is 2.93. The molecule has 21 heavy (non-hydrogen) atoms. The molecule has 3 aromatic rings. The van der Waals surface area contributed by atoms with Crippen molar-refractivity contribution in [2.45, 2.75) is 13.3 Å². The number of benzene rings is 2. The van der Waals surface area contributed by atoms with Gasteiger partial charge in [0, 0.05) is 22.0 Å². The third-order valence-corrected chi connectivity index (χ3v) is 3.84. The van der Waals surface area contributed by atoms with Crippen molar-refractivity contribution in [3.8, 4) is 17.0 Å². The lowest BCUT2D eigenvalue weighted by molar-refractivity contribution is 0.112. The van der Waals surface area contributed by atoms with E-state index >= 15 is 0 Å². The second kappa shape index (κ2) is 5.44. The van der Waals surface area contributed by atoms with E-state index in [9.17, 15) is 4.79 Å². The summed E-state index contributed by atoms with van der Waals surface area (Å²) in [4.78, 5) is 15.0. The topological polar surface area (TPSA) is 42.1 Å². The number of hydrogen-bond donors (Lipinski definition) is 1. The molecule has 0 unspecified atom stereocenters. The van der Waals surface area contributed by atoms with E-state index in [-0.39, 0.29) is 0 Å². The molecule has 1 heterocycles. The van der Waals surface area contributed by atoms with Crippen molar-refractivity contribution in [2.75, 3.05) is 7.11 Å². The minimum absolute atomic E-state index is 0.685. The third kappa shape index (κ3) is 2.11. The van der Waals surface area contributed by atoms with Crippen molar-refractivity contribution >= 4 is 17.2 Å². The van der Waals surface area contributed by atoms with Crippen LogP contribution in [-0.4, -0.2) is 18.4 Å². The van der Waals surface area contributed by atoms with Crippen LogP contribution in [0.1, 0.15) is 22.8 Å². The zero-order chi connectivity index (χ0) is 14.8. The van der Waals surface area contributed by atoms with Gasteiger partial charge in [0.25, 0.3) is 0 Å². The number of hydrogen-bond acceptors (Lipinski definition) is 2. The monoisotopic (exact) mass is 279 g/mol. The van der Waals surface area contributed by atoms with Crippen LogP contribution in [0, 0.1) is 0 Å². The highest BCUT2D eigenvalue weighted by Gasteiger charge is 2.16. The van der Waals surface area contributed by atoms with Gasteiger partial charge in [-0.1, -0.05) is 37.3 Å². The van der Waals surface area contributed by atoms with E-state index in [0.717, 1.165) is 40.6 Å². The van der Waals surface area contributed by atoms with Crippen LogP contribution in [0.3, 0.4) is 0 Å². The van der Waals surface area contributed by atoms with Gasteiger partial charge in [0.05, 0.1) is 12.8 Å². The fraction of sp³-hybridized carbons (Fsp3) is 0.167.